The molecule has 2 amide bonds. The minimum atomic E-state index is -0.410. The minimum Gasteiger partial charge on any atom is -0.497 e. The molecule has 0 aliphatic rings. The van der Waals surface area contributed by atoms with Crippen LogP contribution in [0, 0.1) is 6.92 Å². The molecule has 4 rings (SSSR count). The van der Waals surface area contributed by atoms with Crippen LogP contribution < -0.4 is 15.6 Å². The van der Waals surface area contributed by atoms with E-state index in [1.165, 1.54) is 17.3 Å². The topological polar surface area (TPSA) is 97.6 Å². The Kier molecular flexibility index (Phi) is 6.27. The van der Waals surface area contributed by atoms with Gasteiger partial charge in [0.25, 0.3) is 5.91 Å². The summed E-state index contributed by atoms with van der Waals surface area (Å²) < 4.78 is 7.04. The normalized spacial score (nSPS) is 11.0. The molecule has 2 aromatic carbocycles. The number of nitrogens with zero attached hydrogens (tertiary/aromatic N) is 3. The maximum Gasteiger partial charge on any atom is 0.269 e. The number of hydrogen-bond donors (Lipinski definition) is 2. The number of hydrazine groups is 1. The molecule has 9 heteroatoms. The van der Waals surface area contributed by atoms with Gasteiger partial charge in [-0.3, -0.25) is 24.8 Å². The zero-order valence-electron chi connectivity index (χ0n) is 18.0. The van der Waals surface area contributed by atoms with Crippen molar-refractivity contribution in [3.63, 3.8) is 0 Å². The zero-order valence-corrected chi connectivity index (χ0v) is 18.8. The van der Waals surface area contributed by atoms with Crippen molar-refractivity contribution in [3.8, 4) is 5.75 Å². The molecule has 0 fully saturated rings. The van der Waals surface area contributed by atoms with Crippen LogP contribution >= 0.6 is 11.8 Å². The van der Waals surface area contributed by atoms with Gasteiger partial charge in [-0.1, -0.05) is 24.8 Å². The van der Waals surface area contributed by atoms with E-state index in [1.807, 2.05) is 11.3 Å². The van der Waals surface area contributed by atoms with Crippen molar-refractivity contribution >= 4 is 40.1 Å². The fourth-order valence-electron chi connectivity index (χ4n) is 3.38. The number of methoxy groups -OCH3 is 1. The first-order chi connectivity index (χ1) is 15.5. The molecule has 164 valence electrons. The number of pyridine rings is 1. The predicted octanol–water partition coefficient (Wildman–Crippen LogP) is 3.32. The highest BCUT2D eigenvalue weighted by Gasteiger charge is 2.15. The molecule has 2 heterocycles. The smallest absolute Gasteiger partial charge is 0.269 e. The number of carbonyl (C=O) groups is 2. The molecule has 0 aliphatic heterocycles. The second-order valence-corrected chi connectivity index (χ2v) is 8.18. The number of fused-ring (bicyclic) bond motifs is 3. The van der Waals surface area contributed by atoms with Crippen LogP contribution in [0.1, 0.15) is 28.4 Å². The third-order valence-electron chi connectivity index (χ3n) is 5.10. The average molecular weight is 450 g/mol. The monoisotopic (exact) mass is 449 g/mol. The van der Waals surface area contributed by atoms with Gasteiger partial charge in [0.1, 0.15) is 5.75 Å². The van der Waals surface area contributed by atoms with Crippen LogP contribution in [-0.4, -0.2) is 39.3 Å². The molecule has 0 spiro atoms. The number of rotatable bonds is 6. The van der Waals surface area contributed by atoms with Crippen molar-refractivity contribution < 1.29 is 14.3 Å². The minimum absolute atomic E-state index is 0.0756. The van der Waals surface area contributed by atoms with Gasteiger partial charge >= 0.3 is 0 Å². The van der Waals surface area contributed by atoms with E-state index in [1.54, 1.807) is 31.4 Å². The first kappa shape index (κ1) is 21.6. The Hall–Kier alpha value is -3.59. The molecule has 0 saturated heterocycles. The van der Waals surface area contributed by atoms with E-state index >= 15 is 0 Å². The Balaban J connectivity index is 1.44. The molecule has 32 heavy (non-hydrogen) atoms. The second-order valence-electron chi connectivity index (χ2n) is 7.24. The van der Waals surface area contributed by atoms with E-state index in [0.717, 1.165) is 28.5 Å². The molecule has 2 N–H and O–H groups in total. The number of amides is 2. The number of ether oxygens (including phenoxy) is 1. The van der Waals surface area contributed by atoms with Gasteiger partial charge in [0.2, 0.25) is 5.91 Å². The van der Waals surface area contributed by atoms with Crippen molar-refractivity contribution in [1.82, 2.24) is 25.4 Å². The largest absolute Gasteiger partial charge is 0.497 e. The Bertz CT molecular complexity index is 1300. The van der Waals surface area contributed by atoms with Gasteiger partial charge in [-0.15, -0.1) is 10.2 Å². The van der Waals surface area contributed by atoms with Crippen LogP contribution in [-0.2, 0) is 11.2 Å². The summed E-state index contributed by atoms with van der Waals surface area (Å²) in [6, 6.07) is 15.0. The van der Waals surface area contributed by atoms with E-state index < -0.39 is 5.91 Å². The zero-order chi connectivity index (χ0) is 22.7. The molecular weight excluding hydrogens is 426 g/mol. The molecule has 4 aromatic rings. The highest BCUT2D eigenvalue weighted by Crippen LogP contribution is 2.26. The van der Waals surface area contributed by atoms with Gasteiger partial charge in [-0.2, -0.15) is 0 Å². The number of nitrogens with one attached hydrogen (secondary N) is 2. The molecule has 0 aliphatic carbocycles. The van der Waals surface area contributed by atoms with Crippen LogP contribution in [0.4, 0.5) is 0 Å². The molecule has 2 aromatic heterocycles. The van der Waals surface area contributed by atoms with Crippen molar-refractivity contribution in [2.45, 2.75) is 25.4 Å². The lowest BCUT2D eigenvalue weighted by molar-refractivity contribution is -0.119. The highest BCUT2D eigenvalue weighted by molar-refractivity contribution is 7.99. The maximum absolute atomic E-state index is 12.3. The first-order valence-electron chi connectivity index (χ1n) is 10.1. The van der Waals surface area contributed by atoms with Crippen LogP contribution in [0.5, 0.6) is 5.75 Å². The second kappa shape index (κ2) is 9.27. The molecule has 0 radical (unpaired) electrons. The highest BCUT2D eigenvalue weighted by atomic mass is 32.2. The number of hydrogen-bond acceptors (Lipinski definition) is 6. The lowest BCUT2D eigenvalue weighted by Crippen LogP contribution is -2.42. The van der Waals surface area contributed by atoms with Gasteiger partial charge in [0.05, 0.1) is 18.4 Å². The van der Waals surface area contributed by atoms with Crippen LogP contribution in [0.15, 0.2) is 53.7 Å². The summed E-state index contributed by atoms with van der Waals surface area (Å²) in [7, 11) is 1.55. The number of thioether (sulfide) groups is 1. The Morgan fingerprint density at radius 1 is 1.06 bits per heavy atom. The average Bonchev–Trinajstić information content (AvgIpc) is 3.25. The van der Waals surface area contributed by atoms with Crippen LogP contribution in [0.25, 0.3) is 16.6 Å². The molecule has 8 nitrogen and oxygen atoms in total. The fraction of sp³-hybridized carbons (Fsp3) is 0.217. The van der Waals surface area contributed by atoms with E-state index in [2.05, 4.69) is 52.2 Å². The summed E-state index contributed by atoms with van der Waals surface area (Å²) in [5.74, 6) is -0.0334. The van der Waals surface area contributed by atoms with E-state index in [4.69, 9.17) is 4.74 Å². The Morgan fingerprint density at radius 2 is 1.84 bits per heavy atom. The van der Waals surface area contributed by atoms with Crippen molar-refractivity contribution in [3.05, 3.63) is 65.2 Å². The Labute approximate surface area is 189 Å². The third kappa shape index (κ3) is 4.38. The summed E-state index contributed by atoms with van der Waals surface area (Å²) in [6.07, 6.45) is 0.958. The first-order valence-corrected chi connectivity index (χ1v) is 11.1. The third-order valence-corrected chi connectivity index (χ3v) is 6.03. The van der Waals surface area contributed by atoms with Gasteiger partial charge in [0.15, 0.2) is 10.8 Å². The molecule has 0 bridgehead atoms. The van der Waals surface area contributed by atoms with E-state index in [9.17, 15) is 9.59 Å². The lowest BCUT2D eigenvalue weighted by atomic mass is 10.1. The van der Waals surface area contributed by atoms with Gasteiger partial charge in [-0.25, -0.2) is 0 Å². The molecule has 0 atom stereocenters. The number of benzene rings is 2. The predicted molar refractivity (Wildman–Crippen MR) is 124 cm³/mol. The van der Waals surface area contributed by atoms with E-state index in [0.29, 0.717) is 16.5 Å². The standard InChI is InChI=1S/C23H23N5O3S/c1-4-15-5-10-19-17(12-15)11-14(2)21-25-27-23(28(19)21)32-13-20(29)24-26-22(30)16-6-8-18(31-3)9-7-16/h5-12H,4,13H2,1-3H3,(H,24,29)(H,26,30). The lowest BCUT2D eigenvalue weighted by Gasteiger charge is -2.09. The summed E-state index contributed by atoms with van der Waals surface area (Å²) >= 11 is 1.26. The van der Waals surface area contributed by atoms with E-state index in [-0.39, 0.29) is 11.7 Å². The molecule has 0 saturated carbocycles. The van der Waals surface area contributed by atoms with Crippen molar-refractivity contribution in [2.75, 3.05) is 12.9 Å². The summed E-state index contributed by atoms with van der Waals surface area (Å²) in [6.45, 7) is 4.12. The quantitative estimate of drug-likeness (QED) is 0.346. The summed E-state index contributed by atoms with van der Waals surface area (Å²) in [5.41, 5.74) is 9.29. The van der Waals surface area contributed by atoms with Crippen LogP contribution in [0.2, 0.25) is 0 Å². The molecule has 0 unspecified atom stereocenters. The fourth-order valence-corrected chi connectivity index (χ4v) is 4.13. The van der Waals surface area contributed by atoms with Gasteiger partial charge < -0.3 is 4.74 Å². The van der Waals surface area contributed by atoms with Crippen molar-refractivity contribution in [2.24, 2.45) is 0 Å². The number of aryl methyl sites for hydroxylation is 2. The summed E-state index contributed by atoms with van der Waals surface area (Å²) in [5, 5.41) is 10.3. The van der Waals surface area contributed by atoms with Gasteiger partial charge in [-0.05, 0) is 72.3 Å². The summed E-state index contributed by atoms with van der Waals surface area (Å²) in [4.78, 5) is 24.5. The molecular formula is C23H23N5O3S. The SMILES string of the molecule is CCc1ccc2c(c1)cc(C)c1nnc(SCC(=O)NNC(=O)c3ccc(OC)cc3)n12. The van der Waals surface area contributed by atoms with Gasteiger partial charge in [0, 0.05) is 5.56 Å². The van der Waals surface area contributed by atoms with Crippen molar-refractivity contribution in [1.29, 1.82) is 0 Å². The van der Waals surface area contributed by atoms with Crippen LogP contribution in [0.3, 0.4) is 0 Å². The Morgan fingerprint density at radius 3 is 2.56 bits per heavy atom. The number of carbonyl (C=O) groups excluding carboxylic acids is 2. The number of aromatic nitrogens is 3. The maximum atomic E-state index is 12.3.